The number of rotatable bonds is 4. The molecule has 2 aromatic rings. The fraction of sp³-hybridized carbons (Fsp3) is 0.742. The number of fused-ring (bicyclic) bond motifs is 6. The molecule has 0 radical (unpaired) electrons. The molecule has 2 N–H and O–H groups in total. The third-order valence-corrected chi connectivity index (χ3v) is 11.7. The minimum Gasteiger partial charge on any atom is -0.393 e. The van der Waals surface area contributed by atoms with Gasteiger partial charge in [-0.1, -0.05) is 38.3 Å². The second-order valence-electron chi connectivity index (χ2n) is 13.3. The number of nitrogens with zero attached hydrogens (tertiary/aromatic N) is 1. The monoisotopic (exact) mass is 476 g/mol. The Balaban J connectivity index is 1.15. The Morgan fingerprint density at radius 3 is 2.74 bits per heavy atom. The van der Waals surface area contributed by atoms with Crippen molar-refractivity contribution < 1.29 is 5.11 Å². The highest BCUT2D eigenvalue weighted by Gasteiger charge is 2.61. The van der Waals surface area contributed by atoms with Crippen LogP contribution < -0.4 is 5.56 Å². The lowest BCUT2D eigenvalue weighted by Gasteiger charge is -2.62. The number of hydrogen-bond acceptors (Lipinski definition) is 3. The van der Waals surface area contributed by atoms with Gasteiger partial charge in [0.15, 0.2) is 0 Å². The van der Waals surface area contributed by atoms with Gasteiger partial charge in [0, 0.05) is 6.42 Å². The fourth-order valence-corrected chi connectivity index (χ4v) is 9.77. The highest BCUT2D eigenvalue weighted by Crippen LogP contribution is 2.67. The molecule has 0 amide bonds. The summed E-state index contributed by atoms with van der Waals surface area (Å²) >= 11 is 0. The Labute approximate surface area is 210 Å². The molecule has 0 bridgehead atoms. The average molecular weight is 477 g/mol. The van der Waals surface area contributed by atoms with Crippen molar-refractivity contribution in [1.29, 1.82) is 0 Å². The van der Waals surface area contributed by atoms with Crippen LogP contribution in [0.5, 0.6) is 0 Å². The molecule has 8 unspecified atom stereocenters. The molecule has 35 heavy (non-hydrogen) atoms. The van der Waals surface area contributed by atoms with Crippen molar-refractivity contribution in [3.8, 4) is 0 Å². The SMILES string of the molecule is Cc1ccc2nc(CCCC3CCC4C5C(O)CC6CCCCC6(C)C5CCC34C)[nH]c(=O)c2c1. The van der Waals surface area contributed by atoms with Crippen LogP contribution in [0.3, 0.4) is 0 Å². The zero-order chi connectivity index (χ0) is 24.4. The summed E-state index contributed by atoms with van der Waals surface area (Å²) < 4.78 is 0. The van der Waals surface area contributed by atoms with Gasteiger partial charge in [0.25, 0.3) is 5.56 Å². The number of hydrogen-bond donors (Lipinski definition) is 2. The van der Waals surface area contributed by atoms with Crippen LogP contribution in [0.4, 0.5) is 0 Å². The van der Waals surface area contributed by atoms with Gasteiger partial charge in [-0.25, -0.2) is 4.98 Å². The van der Waals surface area contributed by atoms with Crippen LogP contribution in [0.1, 0.15) is 95.9 Å². The highest BCUT2D eigenvalue weighted by molar-refractivity contribution is 5.78. The molecule has 4 aliphatic rings. The summed E-state index contributed by atoms with van der Waals surface area (Å²) in [7, 11) is 0. The van der Waals surface area contributed by atoms with Gasteiger partial charge in [-0.05, 0) is 117 Å². The summed E-state index contributed by atoms with van der Waals surface area (Å²) in [5.74, 6) is 4.22. The number of aryl methyl sites for hydroxylation is 2. The maximum atomic E-state index is 12.6. The van der Waals surface area contributed by atoms with E-state index >= 15 is 0 Å². The Kier molecular flexibility index (Phi) is 5.90. The van der Waals surface area contributed by atoms with E-state index in [0.29, 0.717) is 28.1 Å². The van der Waals surface area contributed by atoms with Crippen molar-refractivity contribution in [3.05, 3.63) is 39.9 Å². The maximum Gasteiger partial charge on any atom is 0.258 e. The molecule has 0 spiro atoms. The zero-order valence-corrected chi connectivity index (χ0v) is 22.0. The number of aromatic amines is 1. The summed E-state index contributed by atoms with van der Waals surface area (Å²) in [6.07, 6.45) is 14.8. The van der Waals surface area contributed by atoms with Gasteiger partial charge >= 0.3 is 0 Å². The van der Waals surface area contributed by atoms with Crippen molar-refractivity contribution in [3.63, 3.8) is 0 Å². The van der Waals surface area contributed by atoms with Gasteiger partial charge in [0.05, 0.1) is 17.0 Å². The number of H-pyrrole nitrogens is 1. The van der Waals surface area contributed by atoms with Crippen LogP contribution >= 0.6 is 0 Å². The molecule has 1 aromatic heterocycles. The lowest BCUT2D eigenvalue weighted by atomic mass is 9.44. The summed E-state index contributed by atoms with van der Waals surface area (Å²) in [5, 5.41) is 12.1. The molecule has 0 saturated heterocycles. The predicted molar refractivity (Wildman–Crippen MR) is 141 cm³/mol. The van der Waals surface area contributed by atoms with Crippen LogP contribution in [0, 0.1) is 47.3 Å². The van der Waals surface area contributed by atoms with E-state index in [2.05, 4.69) is 18.8 Å². The van der Waals surface area contributed by atoms with E-state index in [-0.39, 0.29) is 11.7 Å². The van der Waals surface area contributed by atoms with Crippen molar-refractivity contribution in [2.24, 2.45) is 40.4 Å². The van der Waals surface area contributed by atoms with Gasteiger partial charge in [-0.3, -0.25) is 4.79 Å². The first kappa shape index (κ1) is 23.7. The molecule has 4 saturated carbocycles. The maximum absolute atomic E-state index is 12.6. The van der Waals surface area contributed by atoms with Crippen molar-refractivity contribution in [1.82, 2.24) is 9.97 Å². The van der Waals surface area contributed by atoms with Gasteiger partial charge in [0.2, 0.25) is 0 Å². The summed E-state index contributed by atoms with van der Waals surface area (Å²) in [6, 6.07) is 5.93. The fourth-order valence-electron chi connectivity index (χ4n) is 9.77. The number of aliphatic hydroxyl groups is 1. The largest absolute Gasteiger partial charge is 0.393 e. The minimum atomic E-state index is -0.0879. The van der Waals surface area contributed by atoms with Crippen molar-refractivity contribution >= 4 is 10.9 Å². The van der Waals surface area contributed by atoms with E-state index in [1.165, 1.54) is 57.8 Å². The molecule has 4 aliphatic carbocycles. The number of aromatic nitrogens is 2. The standard InChI is InChI=1S/C31H44N2O2/c1-19-10-13-25-22(17-19)29(35)33-27(32-25)9-6-8-20-11-12-23-28-24(14-16-31(20,23)3)30(2)15-5-4-7-21(30)18-26(28)34/h10,13,17,20-21,23-24,26,28,34H,4-9,11-12,14-16,18H2,1-3H3,(H,32,33,35). The number of nitrogens with one attached hydrogen (secondary N) is 1. The lowest BCUT2D eigenvalue weighted by molar-refractivity contribution is -0.162. The first-order valence-electron chi connectivity index (χ1n) is 14.5. The van der Waals surface area contributed by atoms with E-state index in [9.17, 15) is 9.90 Å². The molecule has 6 rings (SSSR count). The smallest absolute Gasteiger partial charge is 0.258 e. The quantitative estimate of drug-likeness (QED) is 0.524. The van der Waals surface area contributed by atoms with E-state index in [0.717, 1.165) is 53.9 Å². The molecule has 4 heteroatoms. The van der Waals surface area contributed by atoms with Gasteiger partial charge in [-0.15, -0.1) is 0 Å². The first-order valence-corrected chi connectivity index (χ1v) is 14.5. The minimum absolute atomic E-state index is 0.0132. The van der Waals surface area contributed by atoms with E-state index in [1.807, 2.05) is 25.1 Å². The van der Waals surface area contributed by atoms with Gasteiger partial charge in [-0.2, -0.15) is 0 Å². The number of aliphatic hydroxyl groups excluding tert-OH is 1. The van der Waals surface area contributed by atoms with Gasteiger partial charge in [0.1, 0.15) is 5.82 Å². The van der Waals surface area contributed by atoms with Crippen LogP contribution in [0.25, 0.3) is 10.9 Å². The molecule has 0 aliphatic heterocycles. The van der Waals surface area contributed by atoms with Crippen molar-refractivity contribution in [2.75, 3.05) is 0 Å². The Bertz CT molecular complexity index is 1160. The molecular weight excluding hydrogens is 432 g/mol. The van der Waals surface area contributed by atoms with E-state index in [4.69, 9.17) is 4.98 Å². The lowest BCUT2D eigenvalue weighted by Crippen LogP contribution is -2.57. The normalized spacial score (nSPS) is 40.8. The predicted octanol–water partition coefficient (Wildman–Crippen LogP) is 6.57. The third-order valence-electron chi connectivity index (χ3n) is 11.7. The molecule has 1 aromatic carbocycles. The first-order chi connectivity index (χ1) is 16.8. The summed E-state index contributed by atoms with van der Waals surface area (Å²) in [5.41, 5.74) is 2.71. The molecule has 190 valence electrons. The molecule has 8 atom stereocenters. The molecule has 4 fully saturated rings. The van der Waals surface area contributed by atoms with Crippen LogP contribution in [0.2, 0.25) is 0 Å². The Morgan fingerprint density at radius 2 is 1.89 bits per heavy atom. The van der Waals surface area contributed by atoms with Crippen LogP contribution in [-0.4, -0.2) is 21.2 Å². The van der Waals surface area contributed by atoms with Crippen LogP contribution in [-0.2, 0) is 6.42 Å². The highest BCUT2D eigenvalue weighted by atomic mass is 16.3. The topological polar surface area (TPSA) is 66.0 Å². The second-order valence-corrected chi connectivity index (χ2v) is 13.3. The molecular formula is C31H44N2O2. The molecule has 4 nitrogen and oxygen atoms in total. The number of benzene rings is 1. The van der Waals surface area contributed by atoms with Gasteiger partial charge < -0.3 is 10.1 Å². The summed E-state index contributed by atoms with van der Waals surface area (Å²) in [6.45, 7) is 7.16. The summed E-state index contributed by atoms with van der Waals surface area (Å²) in [4.78, 5) is 20.4. The van der Waals surface area contributed by atoms with Crippen LogP contribution in [0.15, 0.2) is 23.0 Å². The average Bonchev–Trinajstić information content (AvgIpc) is 3.16. The third kappa shape index (κ3) is 3.81. The Morgan fingerprint density at radius 1 is 1.06 bits per heavy atom. The zero-order valence-electron chi connectivity index (χ0n) is 22.0. The Hall–Kier alpha value is -1.68. The second kappa shape index (κ2) is 8.71. The van der Waals surface area contributed by atoms with E-state index < -0.39 is 0 Å². The molecule has 1 heterocycles. The van der Waals surface area contributed by atoms with Crippen molar-refractivity contribution in [2.45, 2.75) is 104 Å². The van der Waals surface area contributed by atoms with E-state index in [1.54, 1.807) is 0 Å².